The normalized spacial score (nSPS) is 12.6. The molecular formula is C24H24N4O3. The molecule has 1 aromatic heterocycles. The smallest absolute Gasteiger partial charge is 0.338 e. The predicted octanol–water partition coefficient (Wildman–Crippen LogP) is 2.76. The van der Waals surface area contributed by atoms with Crippen LogP contribution in [-0.4, -0.2) is 45.5 Å². The third-order valence-electron chi connectivity index (χ3n) is 5.67. The third kappa shape index (κ3) is 4.50. The summed E-state index contributed by atoms with van der Waals surface area (Å²) in [6, 6.07) is 13.3. The SMILES string of the molecule is Cc1c(CCN(CCO)Cc2cnn(-c3cccc(C#N)c3)c2)ccc2c1COC2=O. The van der Waals surface area contributed by atoms with Crippen LogP contribution in [0.15, 0.2) is 48.8 Å². The highest BCUT2D eigenvalue weighted by atomic mass is 16.5. The molecule has 1 aliphatic heterocycles. The highest BCUT2D eigenvalue weighted by Crippen LogP contribution is 2.26. The quantitative estimate of drug-likeness (QED) is 0.568. The second kappa shape index (κ2) is 9.13. The molecule has 0 saturated carbocycles. The predicted molar refractivity (Wildman–Crippen MR) is 115 cm³/mol. The fourth-order valence-electron chi connectivity index (χ4n) is 3.92. The van der Waals surface area contributed by atoms with Crippen molar-refractivity contribution in [3.8, 4) is 11.8 Å². The Labute approximate surface area is 181 Å². The van der Waals surface area contributed by atoms with Crippen LogP contribution in [0.25, 0.3) is 5.69 Å². The number of rotatable bonds is 8. The van der Waals surface area contributed by atoms with E-state index < -0.39 is 0 Å². The first-order valence-electron chi connectivity index (χ1n) is 10.2. The molecule has 0 saturated heterocycles. The fourth-order valence-corrected chi connectivity index (χ4v) is 3.92. The zero-order valence-corrected chi connectivity index (χ0v) is 17.4. The van der Waals surface area contributed by atoms with Crippen LogP contribution < -0.4 is 0 Å². The van der Waals surface area contributed by atoms with E-state index in [1.54, 1.807) is 16.8 Å². The van der Waals surface area contributed by atoms with Crippen molar-refractivity contribution in [2.24, 2.45) is 0 Å². The third-order valence-corrected chi connectivity index (χ3v) is 5.67. The zero-order chi connectivity index (χ0) is 21.8. The van der Waals surface area contributed by atoms with Crippen molar-refractivity contribution in [1.29, 1.82) is 5.26 Å². The van der Waals surface area contributed by atoms with Crippen molar-refractivity contribution < 1.29 is 14.6 Å². The number of fused-ring (bicyclic) bond motifs is 1. The summed E-state index contributed by atoms with van der Waals surface area (Å²) in [5.41, 5.74) is 6.40. The van der Waals surface area contributed by atoms with E-state index in [1.807, 2.05) is 43.6 Å². The van der Waals surface area contributed by atoms with E-state index in [0.717, 1.165) is 35.3 Å². The van der Waals surface area contributed by atoms with Crippen molar-refractivity contribution in [3.63, 3.8) is 0 Å². The molecule has 0 fully saturated rings. The lowest BCUT2D eigenvalue weighted by Gasteiger charge is -2.21. The van der Waals surface area contributed by atoms with Crippen LogP contribution in [0.3, 0.4) is 0 Å². The summed E-state index contributed by atoms with van der Waals surface area (Å²) >= 11 is 0. The zero-order valence-electron chi connectivity index (χ0n) is 17.4. The van der Waals surface area contributed by atoms with E-state index >= 15 is 0 Å². The van der Waals surface area contributed by atoms with Crippen LogP contribution in [0.2, 0.25) is 0 Å². The fraction of sp³-hybridized carbons (Fsp3) is 0.292. The summed E-state index contributed by atoms with van der Waals surface area (Å²) in [4.78, 5) is 13.9. The van der Waals surface area contributed by atoms with Gasteiger partial charge in [-0.15, -0.1) is 0 Å². The molecule has 0 unspecified atom stereocenters. The minimum atomic E-state index is -0.246. The van der Waals surface area contributed by atoms with Crippen LogP contribution in [0.1, 0.15) is 38.2 Å². The largest absolute Gasteiger partial charge is 0.457 e. The second-order valence-electron chi connectivity index (χ2n) is 7.66. The molecule has 0 spiro atoms. The molecule has 0 bridgehead atoms. The van der Waals surface area contributed by atoms with Crippen molar-refractivity contribution in [1.82, 2.24) is 14.7 Å². The molecule has 0 radical (unpaired) electrons. The van der Waals surface area contributed by atoms with E-state index in [2.05, 4.69) is 16.1 Å². The molecule has 1 aliphatic rings. The van der Waals surface area contributed by atoms with E-state index in [-0.39, 0.29) is 12.6 Å². The lowest BCUT2D eigenvalue weighted by atomic mass is 9.96. The van der Waals surface area contributed by atoms with Crippen molar-refractivity contribution in [2.45, 2.75) is 26.5 Å². The summed E-state index contributed by atoms with van der Waals surface area (Å²) in [7, 11) is 0. The highest BCUT2D eigenvalue weighted by Gasteiger charge is 2.23. The Balaban J connectivity index is 1.44. The van der Waals surface area contributed by atoms with Gasteiger partial charge in [0.25, 0.3) is 0 Å². The van der Waals surface area contributed by atoms with Crippen LogP contribution in [0, 0.1) is 18.3 Å². The van der Waals surface area contributed by atoms with E-state index in [0.29, 0.717) is 30.8 Å². The van der Waals surface area contributed by atoms with Gasteiger partial charge in [0.2, 0.25) is 0 Å². The van der Waals surface area contributed by atoms with Gasteiger partial charge < -0.3 is 9.84 Å². The molecule has 0 amide bonds. The molecule has 2 aromatic carbocycles. The highest BCUT2D eigenvalue weighted by molar-refractivity contribution is 5.93. The van der Waals surface area contributed by atoms with Gasteiger partial charge in [-0.3, -0.25) is 4.90 Å². The molecule has 7 nitrogen and oxygen atoms in total. The van der Waals surface area contributed by atoms with Crippen LogP contribution in [-0.2, 0) is 24.3 Å². The van der Waals surface area contributed by atoms with Gasteiger partial charge in [0.05, 0.1) is 35.7 Å². The van der Waals surface area contributed by atoms with E-state index in [4.69, 9.17) is 10.00 Å². The summed E-state index contributed by atoms with van der Waals surface area (Å²) in [6.45, 7) is 4.44. The Bertz CT molecular complexity index is 1150. The van der Waals surface area contributed by atoms with Crippen molar-refractivity contribution >= 4 is 5.97 Å². The first-order chi connectivity index (χ1) is 15.1. The number of carbonyl (C=O) groups excluding carboxylic acids is 1. The molecule has 3 aromatic rings. The number of nitrogens with zero attached hydrogens (tertiary/aromatic N) is 4. The topological polar surface area (TPSA) is 91.4 Å². The Kier molecular flexibility index (Phi) is 6.12. The van der Waals surface area contributed by atoms with Gasteiger partial charge >= 0.3 is 5.97 Å². The summed E-state index contributed by atoms with van der Waals surface area (Å²) in [5.74, 6) is -0.246. The first-order valence-corrected chi connectivity index (χ1v) is 10.2. The number of aliphatic hydroxyl groups is 1. The van der Waals surface area contributed by atoms with Gasteiger partial charge in [0, 0.05) is 37.0 Å². The average molecular weight is 416 g/mol. The number of cyclic esters (lactones) is 1. The molecule has 0 atom stereocenters. The Morgan fingerprint density at radius 2 is 2.16 bits per heavy atom. The van der Waals surface area contributed by atoms with Crippen LogP contribution >= 0.6 is 0 Å². The monoisotopic (exact) mass is 416 g/mol. The van der Waals surface area contributed by atoms with Gasteiger partial charge in [0.15, 0.2) is 0 Å². The standard InChI is InChI=1S/C24H24N4O3/c1-17-20(5-6-22-23(17)16-31-24(22)30)7-8-27(9-10-29)14-19-13-26-28(15-19)21-4-2-3-18(11-21)12-25/h2-6,11,13,15,29H,7-10,14,16H2,1H3. The van der Waals surface area contributed by atoms with Gasteiger partial charge in [0.1, 0.15) is 6.61 Å². The molecule has 0 aliphatic carbocycles. The number of aliphatic hydroxyl groups excluding tert-OH is 1. The molecular weight excluding hydrogens is 392 g/mol. The molecule has 2 heterocycles. The van der Waals surface area contributed by atoms with Crippen LogP contribution in [0.4, 0.5) is 0 Å². The van der Waals surface area contributed by atoms with E-state index in [9.17, 15) is 9.90 Å². The lowest BCUT2D eigenvalue weighted by Crippen LogP contribution is -2.28. The Hall–Kier alpha value is -3.47. The number of esters is 1. The Morgan fingerprint density at radius 1 is 1.29 bits per heavy atom. The molecule has 31 heavy (non-hydrogen) atoms. The minimum absolute atomic E-state index is 0.0733. The van der Waals surface area contributed by atoms with Gasteiger partial charge in [-0.1, -0.05) is 12.1 Å². The lowest BCUT2D eigenvalue weighted by molar-refractivity contribution is 0.0535. The van der Waals surface area contributed by atoms with Gasteiger partial charge in [-0.2, -0.15) is 10.4 Å². The summed E-state index contributed by atoms with van der Waals surface area (Å²) in [5, 5.41) is 23.0. The number of carbonyl (C=O) groups is 1. The summed E-state index contributed by atoms with van der Waals surface area (Å²) in [6.07, 6.45) is 4.57. The second-order valence-corrected chi connectivity index (χ2v) is 7.66. The van der Waals surface area contributed by atoms with Crippen LogP contribution in [0.5, 0.6) is 0 Å². The number of hydrogen-bond donors (Lipinski definition) is 1. The number of hydrogen-bond acceptors (Lipinski definition) is 6. The number of ether oxygens (including phenoxy) is 1. The molecule has 1 N–H and O–H groups in total. The number of nitriles is 1. The molecule has 158 valence electrons. The Morgan fingerprint density at radius 3 is 2.97 bits per heavy atom. The first kappa shape index (κ1) is 20.8. The van der Waals surface area contributed by atoms with E-state index in [1.165, 1.54) is 5.56 Å². The maximum absolute atomic E-state index is 11.7. The average Bonchev–Trinajstić information content (AvgIpc) is 3.40. The minimum Gasteiger partial charge on any atom is -0.457 e. The molecule has 4 rings (SSSR count). The number of aromatic nitrogens is 2. The van der Waals surface area contributed by atoms with Crippen molar-refractivity contribution in [3.05, 3.63) is 82.2 Å². The van der Waals surface area contributed by atoms with Gasteiger partial charge in [-0.25, -0.2) is 9.48 Å². The molecule has 7 heteroatoms. The van der Waals surface area contributed by atoms with Gasteiger partial charge in [-0.05, 0) is 48.7 Å². The number of benzene rings is 2. The maximum Gasteiger partial charge on any atom is 0.338 e. The van der Waals surface area contributed by atoms with Crippen molar-refractivity contribution in [2.75, 3.05) is 19.7 Å². The summed E-state index contributed by atoms with van der Waals surface area (Å²) < 4.78 is 6.91. The maximum atomic E-state index is 11.7.